The van der Waals surface area contributed by atoms with Gasteiger partial charge in [0.05, 0.1) is 23.9 Å². The summed E-state index contributed by atoms with van der Waals surface area (Å²) in [6.07, 6.45) is 4.38. The Morgan fingerprint density at radius 2 is 1.91 bits per heavy atom. The maximum absolute atomic E-state index is 11.6. The van der Waals surface area contributed by atoms with E-state index < -0.39 is 0 Å². The summed E-state index contributed by atoms with van der Waals surface area (Å²) in [4.78, 5) is 11.6. The Morgan fingerprint density at radius 1 is 1.23 bits per heavy atom. The first-order chi connectivity index (χ1) is 10.5. The minimum Gasteiger partial charge on any atom is -0.465 e. The molecule has 0 saturated heterocycles. The van der Waals surface area contributed by atoms with E-state index in [2.05, 4.69) is 28.8 Å². The molecular formula is C17H27N3O2. The molecule has 0 amide bonds. The Balaban J connectivity index is 1.60. The number of hydrogen-bond acceptors (Lipinski definition) is 4. The topological polar surface area (TPSA) is 57.0 Å². The summed E-state index contributed by atoms with van der Waals surface area (Å²) < 4.78 is 7.52. The fraction of sp³-hybridized carbons (Fsp3) is 0.824. The first-order valence-electron chi connectivity index (χ1n) is 8.58. The number of aromatic nitrogens is 3. The van der Waals surface area contributed by atoms with E-state index in [1.54, 1.807) is 0 Å². The maximum Gasteiger partial charge on any atom is 0.308 e. The molecule has 0 radical (unpaired) electrons. The van der Waals surface area contributed by atoms with E-state index in [1.807, 2.05) is 13.8 Å². The highest BCUT2D eigenvalue weighted by Gasteiger charge is 2.50. The van der Waals surface area contributed by atoms with Gasteiger partial charge in [-0.1, -0.05) is 19.1 Å². The van der Waals surface area contributed by atoms with E-state index in [4.69, 9.17) is 4.74 Å². The number of aryl methyl sites for hydroxylation is 1. The zero-order valence-electron chi connectivity index (χ0n) is 14.1. The zero-order chi connectivity index (χ0) is 15.9. The largest absolute Gasteiger partial charge is 0.465 e. The molecule has 22 heavy (non-hydrogen) atoms. The van der Waals surface area contributed by atoms with E-state index in [0.29, 0.717) is 30.4 Å². The second kappa shape index (κ2) is 6.01. The Kier molecular flexibility index (Phi) is 4.24. The Morgan fingerprint density at radius 3 is 2.55 bits per heavy atom. The standard InChI is InChI=1S/C17H27N3O2/c1-10(2)17(21)22-9-14-12-5-7-15-16(8-6-13(12)14)20(11(3)4)19-18-15/h10-14H,5-9H2,1-4H3/t12?,13?,14-/m1/s1. The van der Waals surface area contributed by atoms with Gasteiger partial charge < -0.3 is 4.74 Å². The number of carbonyl (C=O) groups excluding carboxylic acids is 1. The van der Waals surface area contributed by atoms with Crippen LogP contribution in [0.4, 0.5) is 0 Å². The van der Waals surface area contributed by atoms with E-state index in [-0.39, 0.29) is 11.9 Å². The molecule has 0 N–H and O–H groups in total. The number of fused-ring (bicyclic) bond motifs is 2. The molecule has 0 spiro atoms. The molecule has 3 rings (SSSR count). The van der Waals surface area contributed by atoms with Gasteiger partial charge in [-0.05, 0) is 57.3 Å². The number of carbonyl (C=O) groups is 1. The van der Waals surface area contributed by atoms with Gasteiger partial charge in [0.15, 0.2) is 0 Å². The Hall–Kier alpha value is -1.39. The average molecular weight is 305 g/mol. The van der Waals surface area contributed by atoms with Crippen LogP contribution < -0.4 is 0 Å². The average Bonchev–Trinajstić information content (AvgIpc) is 2.93. The van der Waals surface area contributed by atoms with Gasteiger partial charge in [0.25, 0.3) is 0 Å². The summed E-state index contributed by atoms with van der Waals surface area (Å²) in [5.74, 6) is 1.88. The van der Waals surface area contributed by atoms with Crippen molar-refractivity contribution in [2.24, 2.45) is 23.7 Å². The first kappa shape index (κ1) is 15.5. The molecule has 5 heteroatoms. The maximum atomic E-state index is 11.6. The monoisotopic (exact) mass is 305 g/mol. The highest BCUT2D eigenvalue weighted by Crippen LogP contribution is 2.53. The van der Waals surface area contributed by atoms with Crippen molar-refractivity contribution < 1.29 is 9.53 Å². The van der Waals surface area contributed by atoms with Crippen LogP contribution >= 0.6 is 0 Å². The molecule has 0 aliphatic heterocycles. The normalized spacial score (nSPS) is 27.1. The van der Waals surface area contributed by atoms with Crippen LogP contribution in [0.15, 0.2) is 0 Å². The molecule has 1 heterocycles. The molecular weight excluding hydrogens is 278 g/mol. The lowest BCUT2D eigenvalue weighted by Gasteiger charge is -2.12. The SMILES string of the molecule is CC(C)C(=O)OC[C@@H]1C2CCc3nnn(C(C)C)c3CCC21. The molecule has 2 aliphatic carbocycles. The zero-order valence-corrected chi connectivity index (χ0v) is 14.1. The lowest BCUT2D eigenvalue weighted by molar-refractivity contribution is -0.148. The molecule has 5 nitrogen and oxygen atoms in total. The van der Waals surface area contributed by atoms with Gasteiger partial charge in [0.1, 0.15) is 0 Å². The lowest BCUT2D eigenvalue weighted by atomic mass is 10.0. The number of nitrogens with zero attached hydrogens (tertiary/aromatic N) is 3. The first-order valence-corrected chi connectivity index (χ1v) is 8.58. The van der Waals surface area contributed by atoms with Crippen LogP contribution in [0.5, 0.6) is 0 Å². The molecule has 2 unspecified atom stereocenters. The third kappa shape index (κ3) is 2.90. The second-order valence-electron chi connectivity index (χ2n) is 7.37. The highest BCUT2D eigenvalue weighted by atomic mass is 16.5. The van der Waals surface area contributed by atoms with Gasteiger partial charge >= 0.3 is 5.97 Å². The summed E-state index contributed by atoms with van der Waals surface area (Å²) in [6.45, 7) is 8.69. The summed E-state index contributed by atoms with van der Waals surface area (Å²) >= 11 is 0. The number of hydrogen-bond donors (Lipinski definition) is 0. The third-order valence-corrected chi connectivity index (χ3v) is 5.19. The summed E-state index contributed by atoms with van der Waals surface area (Å²) in [6, 6.07) is 0.369. The molecule has 1 aromatic rings. The molecule has 0 bridgehead atoms. The fourth-order valence-corrected chi connectivity index (χ4v) is 3.79. The van der Waals surface area contributed by atoms with Crippen LogP contribution in [0.25, 0.3) is 0 Å². The minimum absolute atomic E-state index is 0.0307. The summed E-state index contributed by atoms with van der Waals surface area (Å²) in [5.41, 5.74) is 2.50. The predicted octanol–water partition coefficient (Wildman–Crippen LogP) is 2.80. The third-order valence-electron chi connectivity index (χ3n) is 5.19. The van der Waals surface area contributed by atoms with Crippen molar-refractivity contribution in [2.45, 2.75) is 59.4 Å². The van der Waals surface area contributed by atoms with Gasteiger partial charge in [-0.25, -0.2) is 4.68 Å². The quantitative estimate of drug-likeness (QED) is 0.803. The highest BCUT2D eigenvalue weighted by molar-refractivity contribution is 5.71. The summed E-state index contributed by atoms with van der Waals surface area (Å²) in [5, 5.41) is 8.70. The summed E-state index contributed by atoms with van der Waals surface area (Å²) in [7, 11) is 0. The van der Waals surface area contributed by atoms with Crippen molar-refractivity contribution in [1.82, 2.24) is 15.0 Å². The van der Waals surface area contributed by atoms with Crippen molar-refractivity contribution in [3.8, 4) is 0 Å². The second-order valence-corrected chi connectivity index (χ2v) is 7.37. The molecule has 1 aromatic heterocycles. The smallest absolute Gasteiger partial charge is 0.308 e. The van der Waals surface area contributed by atoms with Crippen molar-refractivity contribution in [3.63, 3.8) is 0 Å². The van der Waals surface area contributed by atoms with Gasteiger partial charge in [-0.3, -0.25) is 4.79 Å². The van der Waals surface area contributed by atoms with Crippen molar-refractivity contribution in [1.29, 1.82) is 0 Å². The number of esters is 1. The van der Waals surface area contributed by atoms with Gasteiger partial charge in [0.2, 0.25) is 0 Å². The van der Waals surface area contributed by atoms with Crippen LogP contribution in [-0.2, 0) is 22.4 Å². The van der Waals surface area contributed by atoms with E-state index >= 15 is 0 Å². The van der Waals surface area contributed by atoms with E-state index in [1.165, 1.54) is 17.8 Å². The van der Waals surface area contributed by atoms with Crippen LogP contribution in [0.1, 0.15) is 58.0 Å². The minimum atomic E-state index is -0.0697. The molecule has 2 aliphatic rings. The Labute approximate surface area is 132 Å². The van der Waals surface area contributed by atoms with E-state index in [9.17, 15) is 4.79 Å². The predicted molar refractivity (Wildman–Crippen MR) is 83.3 cm³/mol. The number of ether oxygens (including phenoxy) is 1. The van der Waals surface area contributed by atoms with Crippen molar-refractivity contribution in [2.75, 3.05) is 6.61 Å². The van der Waals surface area contributed by atoms with Gasteiger partial charge in [0, 0.05) is 6.04 Å². The van der Waals surface area contributed by atoms with Crippen LogP contribution in [-0.4, -0.2) is 27.6 Å². The van der Waals surface area contributed by atoms with Crippen molar-refractivity contribution >= 4 is 5.97 Å². The van der Waals surface area contributed by atoms with Crippen molar-refractivity contribution in [3.05, 3.63) is 11.4 Å². The molecule has 1 saturated carbocycles. The van der Waals surface area contributed by atoms with E-state index in [0.717, 1.165) is 19.3 Å². The van der Waals surface area contributed by atoms with Gasteiger partial charge in [-0.2, -0.15) is 0 Å². The lowest BCUT2D eigenvalue weighted by Crippen LogP contribution is -2.14. The van der Waals surface area contributed by atoms with Gasteiger partial charge in [-0.15, -0.1) is 5.10 Å². The molecule has 3 atom stereocenters. The molecule has 1 fully saturated rings. The fourth-order valence-electron chi connectivity index (χ4n) is 3.79. The van der Waals surface area contributed by atoms with Crippen LogP contribution in [0.3, 0.4) is 0 Å². The van der Waals surface area contributed by atoms with Crippen LogP contribution in [0, 0.1) is 23.7 Å². The number of rotatable bonds is 4. The van der Waals surface area contributed by atoms with Crippen LogP contribution in [0.2, 0.25) is 0 Å². The Bertz CT molecular complexity index is 550. The molecule has 0 aromatic carbocycles. The molecule has 122 valence electrons.